The normalized spacial score (nSPS) is 16.8. The highest BCUT2D eigenvalue weighted by Gasteiger charge is 2.35. The Morgan fingerprint density at radius 2 is 0.239 bits per heavy atom. The lowest BCUT2D eigenvalue weighted by atomic mass is 10.2. The largest absolute Gasteiger partial charge is 0.480 e. The predicted molar refractivity (Wildman–Crippen MR) is 417 cm³/mol. The molecule has 0 bridgehead atoms. The summed E-state index contributed by atoms with van der Waals surface area (Å²) in [7, 11) is 0. The molecule has 0 heterocycles. The number of rotatable bonds is 46. The summed E-state index contributed by atoms with van der Waals surface area (Å²) in [5, 5.41) is 60.8. The van der Waals surface area contributed by atoms with Crippen LogP contribution in [0.3, 0.4) is 0 Å². The molecule has 0 fully saturated rings. The summed E-state index contributed by atoms with van der Waals surface area (Å²) in [5.41, 5.74) is 5.59. The Morgan fingerprint density at radius 1 is 0.171 bits per heavy atom. The first-order valence-corrected chi connectivity index (χ1v) is 37.8. The molecule has 22 amide bonds. The fourth-order valence-electron chi connectivity index (χ4n) is 8.95. The third-order valence-corrected chi connectivity index (χ3v) is 17.4. The molecule has 0 aromatic rings. The van der Waals surface area contributed by atoms with Gasteiger partial charge in [0.15, 0.2) is 0 Å². The van der Waals surface area contributed by atoms with Gasteiger partial charge < -0.3 is 128 Å². The lowest BCUT2D eigenvalue weighted by Gasteiger charge is -2.24. The summed E-state index contributed by atoms with van der Waals surface area (Å²) in [6, 6.07) is -28.9. The lowest BCUT2D eigenvalue weighted by Crippen LogP contribution is -2.59. The van der Waals surface area contributed by atoms with E-state index in [1.807, 2.05) is 0 Å². The van der Waals surface area contributed by atoms with E-state index in [0.717, 1.165) is 0 Å². The van der Waals surface area contributed by atoms with Crippen molar-refractivity contribution < 1.29 is 115 Å². The standard InChI is InChI=1S/C69H117N23O24S/c1-24(71-48(94)26(3)73-50(96)28(5)75-52(98)30(7)77-54(100)32(9)79-56(102)34(11)81-58(104)36(13)83-60(106)38(15)85-62(108)40(17)87-64(110)42(19)89-66(112)44(21)91-68(114)46(70)23-117)47(93)72-25(2)49(95)74-27(4)51(97)76-29(6)53(99)78-31(8)55(101)80-33(10)57(103)82-35(12)59(105)84-37(14)61(107)86-39(16)63(109)88-41(18)65(111)90-43(20)67(113)92-45(22)69(115)116/h24-46,117H,23,70H2,1-22H3,(H,71,94)(H,72,93)(H,73,96)(H,74,95)(H,75,98)(H,76,97)(H,77,100)(H,78,99)(H,79,102)(H,80,101)(H,81,104)(H,82,103)(H,83,106)(H,84,105)(H,85,108)(H,86,107)(H,87,110)(H,88,109)(H,89,112)(H,90,111)(H,91,114)(H,92,113)(H,115,116)/t24-,25-,26-,27-,28-,29-,30-,31-,32-,33-,34-,35-,36-,37-,38-,39-,40-,41-,42-,43-,44-,45-,46-/m0/s1. The Labute approximate surface area is 681 Å². The average molecular weight is 1680 g/mol. The summed E-state index contributed by atoms with van der Waals surface area (Å²) < 4.78 is 0. The van der Waals surface area contributed by atoms with Gasteiger partial charge in [-0.15, -0.1) is 0 Å². The minimum absolute atomic E-state index is 0.0228. The van der Waals surface area contributed by atoms with E-state index in [-0.39, 0.29) is 5.75 Å². The van der Waals surface area contributed by atoms with Gasteiger partial charge in [0, 0.05) is 5.75 Å². The zero-order valence-electron chi connectivity index (χ0n) is 69.3. The molecule has 0 radical (unpaired) electrons. The minimum atomic E-state index is -1.33. The van der Waals surface area contributed by atoms with Crippen LogP contribution in [0.2, 0.25) is 0 Å². The quantitative estimate of drug-likeness (QED) is 0.0252. The molecule has 117 heavy (non-hydrogen) atoms. The van der Waals surface area contributed by atoms with Gasteiger partial charge in [0.25, 0.3) is 0 Å². The number of amides is 22. The van der Waals surface area contributed by atoms with Gasteiger partial charge in [0.05, 0.1) is 6.04 Å². The molecule has 47 nitrogen and oxygen atoms in total. The minimum Gasteiger partial charge on any atom is -0.480 e. The Morgan fingerprint density at radius 3 is 0.308 bits per heavy atom. The van der Waals surface area contributed by atoms with Crippen LogP contribution in [-0.2, 0) is 110 Å². The van der Waals surface area contributed by atoms with E-state index in [0.29, 0.717) is 0 Å². The molecule has 25 N–H and O–H groups in total. The monoisotopic (exact) mass is 1680 g/mol. The van der Waals surface area contributed by atoms with E-state index in [1.165, 1.54) is 152 Å². The second-order valence-corrected chi connectivity index (χ2v) is 28.6. The Balaban J connectivity index is 5.06. The van der Waals surface area contributed by atoms with E-state index in [2.05, 4.69) is 130 Å². The van der Waals surface area contributed by atoms with Gasteiger partial charge in [-0.05, 0) is 152 Å². The molecule has 0 saturated carbocycles. The number of hydrogen-bond acceptors (Lipinski definition) is 25. The zero-order valence-corrected chi connectivity index (χ0v) is 70.2. The number of nitrogens with one attached hydrogen (secondary N) is 22. The van der Waals surface area contributed by atoms with Gasteiger partial charge in [-0.25, -0.2) is 0 Å². The molecule has 0 aromatic heterocycles. The number of carboxylic acids is 1. The van der Waals surface area contributed by atoms with Crippen LogP contribution in [-0.4, -0.2) is 286 Å². The van der Waals surface area contributed by atoms with Gasteiger partial charge in [0.1, 0.15) is 133 Å². The molecule has 0 saturated heterocycles. The fourth-order valence-corrected chi connectivity index (χ4v) is 9.11. The number of nitrogens with two attached hydrogens (primary N) is 1. The molecular weight excluding hydrogens is 1570 g/mol. The molecule has 0 rings (SSSR count). The van der Waals surface area contributed by atoms with Crippen molar-refractivity contribution in [3.63, 3.8) is 0 Å². The summed E-state index contributed by atoms with van der Waals surface area (Å²) in [5.74, 6) is -19.7. The van der Waals surface area contributed by atoms with Crippen LogP contribution in [0.1, 0.15) is 152 Å². The summed E-state index contributed by atoms with van der Waals surface area (Å²) in [4.78, 5) is 294. The number of carboxylic acid groups (broad SMARTS) is 1. The van der Waals surface area contributed by atoms with E-state index < -0.39 is 275 Å². The van der Waals surface area contributed by atoms with Crippen LogP contribution in [0.4, 0.5) is 0 Å². The van der Waals surface area contributed by atoms with Crippen molar-refractivity contribution in [2.75, 3.05) is 5.75 Å². The second kappa shape index (κ2) is 49.8. The predicted octanol–water partition coefficient (Wildman–Crippen LogP) is -11.6. The molecule has 23 atom stereocenters. The second-order valence-electron chi connectivity index (χ2n) is 28.2. The topological polar surface area (TPSA) is 704 Å². The number of aliphatic carboxylic acids is 1. The van der Waals surface area contributed by atoms with Crippen LogP contribution < -0.4 is 123 Å². The van der Waals surface area contributed by atoms with Crippen LogP contribution in [0.25, 0.3) is 0 Å². The van der Waals surface area contributed by atoms with Crippen molar-refractivity contribution in [2.45, 2.75) is 291 Å². The maximum Gasteiger partial charge on any atom is 0.325 e. The molecular formula is C69H117N23O24S. The zero-order chi connectivity index (χ0) is 90.8. The smallest absolute Gasteiger partial charge is 0.325 e. The van der Waals surface area contributed by atoms with E-state index in [4.69, 9.17) is 10.8 Å². The number of thiol groups is 1. The van der Waals surface area contributed by atoms with Crippen molar-refractivity contribution in [1.82, 2.24) is 117 Å². The Kier molecular flexibility index (Phi) is 44.7. The van der Waals surface area contributed by atoms with Crippen molar-refractivity contribution in [1.29, 1.82) is 0 Å². The molecule has 0 spiro atoms. The van der Waals surface area contributed by atoms with E-state index >= 15 is 0 Å². The van der Waals surface area contributed by atoms with Crippen molar-refractivity contribution in [2.24, 2.45) is 5.73 Å². The van der Waals surface area contributed by atoms with Gasteiger partial charge in [-0.2, -0.15) is 12.6 Å². The summed E-state index contributed by atoms with van der Waals surface area (Å²) >= 11 is 3.93. The molecule has 0 aromatic carbocycles. The van der Waals surface area contributed by atoms with Gasteiger partial charge in [-0.1, -0.05) is 0 Å². The highest BCUT2D eigenvalue weighted by Crippen LogP contribution is 2.03. The lowest BCUT2D eigenvalue weighted by molar-refractivity contribution is -0.141. The van der Waals surface area contributed by atoms with E-state index in [1.54, 1.807) is 0 Å². The van der Waals surface area contributed by atoms with Gasteiger partial charge >= 0.3 is 5.97 Å². The van der Waals surface area contributed by atoms with Gasteiger partial charge in [-0.3, -0.25) is 110 Å². The number of carbonyl (C=O) groups is 23. The number of hydrogen-bond donors (Lipinski definition) is 25. The van der Waals surface area contributed by atoms with Crippen molar-refractivity contribution in [3.05, 3.63) is 0 Å². The molecule has 0 unspecified atom stereocenters. The molecule has 0 aliphatic heterocycles. The highest BCUT2D eigenvalue weighted by atomic mass is 32.1. The summed E-state index contributed by atoms with van der Waals surface area (Å²) in [6.45, 7) is 28.0. The molecule has 0 aliphatic carbocycles. The van der Waals surface area contributed by atoms with Crippen molar-refractivity contribution >= 4 is 149 Å². The molecule has 48 heteroatoms. The van der Waals surface area contributed by atoms with Crippen LogP contribution >= 0.6 is 12.6 Å². The number of carbonyl (C=O) groups excluding carboxylic acids is 22. The third-order valence-electron chi connectivity index (χ3n) is 17.1. The molecule has 0 aliphatic rings. The van der Waals surface area contributed by atoms with Gasteiger partial charge in [0.2, 0.25) is 130 Å². The third kappa shape index (κ3) is 37.5. The van der Waals surface area contributed by atoms with E-state index in [9.17, 15) is 110 Å². The molecule has 658 valence electrons. The van der Waals surface area contributed by atoms with Crippen LogP contribution in [0.15, 0.2) is 0 Å². The Hall–Kier alpha value is -11.9. The highest BCUT2D eigenvalue weighted by molar-refractivity contribution is 7.80. The average Bonchev–Trinajstić information content (AvgIpc) is 0.896. The first kappa shape index (κ1) is 105. The summed E-state index contributed by atoms with van der Waals surface area (Å²) in [6.07, 6.45) is 0. The van der Waals surface area contributed by atoms with Crippen LogP contribution in [0.5, 0.6) is 0 Å². The fraction of sp³-hybridized carbons (Fsp3) is 0.667. The maximum absolute atomic E-state index is 13.1. The van der Waals surface area contributed by atoms with Crippen molar-refractivity contribution in [3.8, 4) is 0 Å². The first-order valence-electron chi connectivity index (χ1n) is 37.2. The first-order chi connectivity index (χ1) is 53.9. The SMILES string of the molecule is C[C@H](NC(=O)[C@H](C)NC(=O)[C@H](C)NC(=O)[C@H](C)NC(=O)[C@H](C)NC(=O)[C@H](C)NC(=O)[C@H](C)NC(=O)[C@H](C)NC(=O)[C@H](C)NC(=O)[C@H](C)NC(=O)[C@H](C)NC(=O)[C@H](C)NC(=O)[C@H](C)NC(=O)[C@H](C)NC(=O)[C@H](C)NC(=O)[C@H](C)NC(=O)[C@H](C)NC(=O)[C@H](C)NC(=O)[C@H](C)NC(=O)[C@H](C)NC(=O)[C@H](C)NC(=O)[C@H](C)NC(=O)[C@@H](N)CS)C(=O)O. The Bertz CT molecular complexity index is 3630. The maximum atomic E-state index is 13.1. The van der Waals surface area contributed by atoms with Crippen LogP contribution in [0, 0.1) is 0 Å².